The van der Waals surface area contributed by atoms with Gasteiger partial charge in [-0.25, -0.2) is 0 Å². The van der Waals surface area contributed by atoms with Crippen LogP contribution in [0, 0.1) is 0 Å². The summed E-state index contributed by atoms with van der Waals surface area (Å²) in [5.41, 5.74) is 5.97. The van der Waals surface area contributed by atoms with E-state index in [1.54, 1.807) is 5.57 Å². The molecule has 0 aliphatic heterocycles. The lowest BCUT2D eigenvalue weighted by molar-refractivity contribution is 0.847. The molecule has 0 radical (unpaired) electrons. The summed E-state index contributed by atoms with van der Waals surface area (Å²) >= 11 is 0. The van der Waals surface area contributed by atoms with Gasteiger partial charge in [-0.3, -0.25) is 0 Å². The van der Waals surface area contributed by atoms with Crippen molar-refractivity contribution in [2.75, 3.05) is 0 Å². The molecular formula is C20H34. The minimum atomic E-state index is 1.18. The lowest BCUT2D eigenvalue weighted by Crippen LogP contribution is -1.85. The minimum absolute atomic E-state index is 1.18. The Labute approximate surface area is 127 Å². The first-order valence-corrected chi connectivity index (χ1v) is 8.02. The van der Waals surface area contributed by atoms with Crippen molar-refractivity contribution < 1.29 is 0 Å². The summed E-state index contributed by atoms with van der Waals surface area (Å²) in [7, 11) is 0. The van der Waals surface area contributed by atoms with Crippen LogP contribution in [-0.4, -0.2) is 0 Å². The Morgan fingerprint density at radius 2 is 1.10 bits per heavy atom. The van der Waals surface area contributed by atoms with Crippen LogP contribution in [0.5, 0.6) is 0 Å². The van der Waals surface area contributed by atoms with Crippen LogP contribution >= 0.6 is 0 Å². The van der Waals surface area contributed by atoms with Gasteiger partial charge in [-0.1, -0.05) is 46.6 Å². The molecule has 0 heterocycles. The first-order valence-electron chi connectivity index (χ1n) is 8.02. The summed E-state index contributed by atoms with van der Waals surface area (Å²) < 4.78 is 0. The number of hydrogen-bond acceptors (Lipinski definition) is 0. The number of hydrogen-bond donors (Lipinski definition) is 0. The SMILES string of the molecule is CC=C(CCC=C(C)C)CCC=C(C)CCC=C(C)C. The summed E-state index contributed by atoms with van der Waals surface area (Å²) in [6.45, 7) is 13.1. The van der Waals surface area contributed by atoms with Crippen molar-refractivity contribution in [1.29, 1.82) is 0 Å². The maximum atomic E-state index is 2.42. The molecule has 0 aliphatic carbocycles. The van der Waals surface area contributed by atoms with Crippen molar-refractivity contribution in [3.8, 4) is 0 Å². The second kappa shape index (κ2) is 11.8. The van der Waals surface area contributed by atoms with Crippen molar-refractivity contribution in [1.82, 2.24) is 0 Å². The van der Waals surface area contributed by atoms with E-state index in [0.717, 1.165) is 0 Å². The maximum absolute atomic E-state index is 2.42. The van der Waals surface area contributed by atoms with Gasteiger partial charge in [0.1, 0.15) is 0 Å². The highest BCUT2D eigenvalue weighted by atomic mass is 14.0. The van der Waals surface area contributed by atoms with Crippen molar-refractivity contribution in [3.05, 3.63) is 46.6 Å². The van der Waals surface area contributed by atoms with Gasteiger partial charge in [-0.15, -0.1) is 0 Å². The van der Waals surface area contributed by atoms with Crippen LogP contribution in [0.2, 0.25) is 0 Å². The molecule has 114 valence electrons. The van der Waals surface area contributed by atoms with Gasteiger partial charge in [0.2, 0.25) is 0 Å². The zero-order valence-corrected chi connectivity index (χ0v) is 14.6. The highest BCUT2D eigenvalue weighted by Crippen LogP contribution is 2.16. The number of rotatable bonds is 9. The fourth-order valence-corrected chi connectivity index (χ4v) is 2.15. The fraction of sp³-hybridized carbons (Fsp3) is 0.600. The summed E-state index contributed by atoms with van der Waals surface area (Å²) in [5, 5.41) is 0. The Kier molecular flexibility index (Phi) is 11.1. The Hall–Kier alpha value is -1.04. The van der Waals surface area contributed by atoms with Gasteiger partial charge in [-0.05, 0) is 80.1 Å². The van der Waals surface area contributed by atoms with Crippen LogP contribution < -0.4 is 0 Å². The highest BCUT2D eigenvalue weighted by molar-refractivity contribution is 5.07. The summed E-state index contributed by atoms with van der Waals surface area (Å²) in [6.07, 6.45) is 16.6. The Morgan fingerprint density at radius 1 is 0.650 bits per heavy atom. The molecule has 0 rings (SSSR count). The van der Waals surface area contributed by atoms with E-state index in [1.807, 2.05) is 0 Å². The highest BCUT2D eigenvalue weighted by Gasteiger charge is 1.96. The molecule has 0 aliphatic rings. The van der Waals surface area contributed by atoms with Gasteiger partial charge in [-0.2, -0.15) is 0 Å². The van der Waals surface area contributed by atoms with E-state index in [9.17, 15) is 0 Å². The quantitative estimate of drug-likeness (QED) is 0.391. The normalized spacial score (nSPS) is 12.3. The monoisotopic (exact) mass is 274 g/mol. The van der Waals surface area contributed by atoms with E-state index in [1.165, 1.54) is 55.2 Å². The van der Waals surface area contributed by atoms with E-state index in [4.69, 9.17) is 0 Å². The summed E-state index contributed by atoms with van der Waals surface area (Å²) in [5.74, 6) is 0. The first kappa shape index (κ1) is 19.0. The molecule has 0 fully saturated rings. The molecule has 0 N–H and O–H groups in total. The molecule has 0 aromatic carbocycles. The lowest BCUT2D eigenvalue weighted by Gasteiger charge is -2.05. The van der Waals surface area contributed by atoms with Crippen LogP contribution in [0.3, 0.4) is 0 Å². The largest absolute Gasteiger partial charge is 0.0884 e. The van der Waals surface area contributed by atoms with Crippen molar-refractivity contribution >= 4 is 0 Å². The van der Waals surface area contributed by atoms with E-state index < -0.39 is 0 Å². The third-order valence-corrected chi connectivity index (χ3v) is 3.48. The average molecular weight is 274 g/mol. The fourth-order valence-electron chi connectivity index (χ4n) is 2.15. The summed E-state index contributed by atoms with van der Waals surface area (Å²) in [6, 6.07) is 0. The zero-order chi connectivity index (χ0) is 15.4. The molecular weight excluding hydrogens is 240 g/mol. The zero-order valence-electron chi connectivity index (χ0n) is 14.6. The Morgan fingerprint density at radius 3 is 1.55 bits per heavy atom. The Balaban J connectivity index is 4.00. The van der Waals surface area contributed by atoms with Gasteiger partial charge in [0.05, 0.1) is 0 Å². The Bertz CT molecular complexity index is 367. The smallest absolute Gasteiger partial charge is 0.0285 e. The molecule has 0 atom stereocenters. The van der Waals surface area contributed by atoms with Crippen LogP contribution in [0.4, 0.5) is 0 Å². The second-order valence-electron chi connectivity index (χ2n) is 6.18. The second-order valence-corrected chi connectivity index (χ2v) is 6.18. The molecule has 20 heavy (non-hydrogen) atoms. The van der Waals surface area contributed by atoms with E-state index in [2.05, 4.69) is 65.8 Å². The van der Waals surface area contributed by atoms with E-state index in [-0.39, 0.29) is 0 Å². The van der Waals surface area contributed by atoms with Gasteiger partial charge in [0, 0.05) is 0 Å². The first-order chi connectivity index (χ1) is 9.45. The molecule has 0 unspecified atom stereocenters. The predicted molar refractivity (Wildman–Crippen MR) is 94.1 cm³/mol. The molecule has 0 amide bonds. The predicted octanol–water partition coefficient (Wildman–Crippen LogP) is 7.15. The maximum Gasteiger partial charge on any atom is -0.0285 e. The molecule has 0 aromatic rings. The van der Waals surface area contributed by atoms with Crippen molar-refractivity contribution in [3.63, 3.8) is 0 Å². The van der Waals surface area contributed by atoms with Crippen LogP contribution in [0.25, 0.3) is 0 Å². The molecule has 0 nitrogen and oxygen atoms in total. The third-order valence-electron chi connectivity index (χ3n) is 3.48. The number of allylic oxidation sites excluding steroid dienone is 8. The third kappa shape index (κ3) is 12.0. The van der Waals surface area contributed by atoms with Gasteiger partial charge in [0.25, 0.3) is 0 Å². The van der Waals surface area contributed by atoms with Gasteiger partial charge >= 0.3 is 0 Å². The molecule has 0 saturated heterocycles. The molecule has 0 saturated carbocycles. The van der Waals surface area contributed by atoms with Gasteiger partial charge in [0.15, 0.2) is 0 Å². The van der Waals surface area contributed by atoms with E-state index >= 15 is 0 Å². The summed E-state index contributed by atoms with van der Waals surface area (Å²) in [4.78, 5) is 0. The topological polar surface area (TPSA) is 0 Å². The standard InChI is InChI=1S/C20H34/c1-7-20(15-9-12-18(4)5)16-10-14-19(6)13-8-11-17(2)3/h7,11-12,14H,8-10,13,15-16H2,1-6H3. The van der Waals surface area contributed by atoms with E-state index in [0.29, 0.717) is 0 Å². The van der Waals surface area contributed by atoms with Gasteiger partial charge < -0.3 is 0 Å². The van der Waals surface area contributed by atoms with Crippen LogP contribution in [-0.2, 0) is 0 Å². The van der Waals surface area contributed by atoms with Crippen molar-refractivity contribution in [2.24, 2.45) is 0 Å². The van der Waals surface area contributed by atoms with Crippen LogP contribution in [0.1, 0.15) is 80.1 Å². The molecule has 0 spiro atoms. The van der Waals surface area contributed by atoms with Crippen LogP contribution in [0.15, 0.2) is 46.6 Å². The molecule has 0 heteroatoms. The molecule has 0 bridgehead atoms. The molecule has 0 aromatic heterocycles. The van der Waals surface area contributed by atoms with Crippen molar-refractivity contribution in [2.45, 2.75) is 80.1 Å². The average Bonchev–Trinajstić information content (AvgIpc) is 2.36. The lowest BCUT2D eigenvalue weighted by atomic mass is 10.0. The minimum Gasteiger partial charge on any atom is -0.0884 e.